The van der Waals surface area contributed by atoms with Gasteiger partial charge in [-0.15, -0.1) is 0 Å². The van der Waals surface area contributed by atoms with Crippen molar-refractivity contribution in [1.29, 1.82) is 0 Å². The number of ether oxygens (including phenoxy) is 2. The molecule has 0 aliphatic heterocycles. The van der Waals surface area contributed by atoms with Gasteiger partial charge in [-0.05, 0) is 62.7 Å². The van der Waals surface area contributed by atoms with Crippen LogP contribution in [0, 0.1) is 6.92 Å². The minimum atomic E-state index is -3.94. The first kappa shape index (κ1) is 22.2. The third kappa shape index (κ3) is 5.05. The average Bonchev–Trinajstić information content (AvgIpc) is 2.68. The maximum absolute atomic E-state index is 13.0. The first-order valence-corrected chi connectivity index (χ1v) is 10.3. The fourth-order valence-electron chi connectivity index (χ4n) is 2.48. The number of carbonyl (C=O) groups excluding carboxylic acids is 2. The molecule has 156 valence electrons. The molecule has 1 atom stereocenters. The molecule has 0 spiro atoms. The lowest BCUT2D eigenvalue weighted by Crippen LogP contribution is -2.31. The number of nitrogens with zero attached hydrogens (tertiary/aromatic N) is 1. The Bertz CT molecular complexity index is 1000. The first-order chi connectivity index (χ1) is 13.6. The van der Waals surface area contributed by atoms with Crippen LogP contribution in [-0.4, -0.2) is 40.1 Å². The summed E-state index contributed by atoms with van der Waals surface area (Å²) in [6, 6.07) is 10.7. The van der Waals surface area contributed by atoms with Crippen molar-refractivity contribution in [3.8, 4) is 5.75 Å². The number of benzene rings is 2. The van der Waals surface area contributed by atoms with Gasteiger partial charge < -0.3 is 15.2 Å². The van der Waals surface area contributed by atoms with Gasteiger partial charge in [0.2, 0.25) is 0 Å². The Morgan fingerprint density at radius 3 is 2.31 bits per heavy atom. The lowest BCUT2D eigenvalue weighted by atomic mass is 10.1. The molecule has 2 aromatic carbocycles. The highest BCUT2D eigenvalue weighted by Crippen LogP contribution is 2.26. The number of hydrogen-bond acceptors (Lipinski definition) is 6. The molecule has 0 bridgehead atoms. The minimum Gasteiger partial charge on any atom is -0.494 e. The highest BCUT2D eigenvalue weighted by atomic mass is 32.2. The molecule has 0 heterocycles. The predicted molar refractivity (Wildman–Crippen MR) is 108 cm³/mol. The number of aryl methyl sites for hydroxylation is 1. The van der Waals surface area contributed by atoms with Crippen LogP contribution in [0.5, 0.6) is 5.75 Å². The van der Waals surface area contributed by atoms with Crippen LogP contribution in [0.4, 0.5) is 5.69 Å². The van der Waals surface area contributed by atoms with Crippen molar-refractivity contribution in [3.63, 3.8) is 0 Å². The summed E-state index contributed by atoms with van der Waals surface area (Å²) in [5.41, 5.74) is 6.09. The number of hydrogen-bond donors (Lipinski definition) is 1. The quantitative estimate of drug-likeness (QED) is 0.655. The molecule has 0 fully saturated rings. The molecule has 2 N–H and O–H groups in total. The highest BCUT2D eigenvalue weighted by Gasteiger charge is 2.25. The van der Waals surface area contributed by atoms with Crippen LogP contribution >= 0.6 is 0 Å². The Kier molecular flexibility index (Phi) is 6.86. The van der Waals surface area contributed by atoms with Crippen molar-refractivity contribution in [2.24, 2.45) is 5.73 Å². The molecule has 0 saturated heterocycles. The van der Waals surface area contributed by atoms with Crippen molar-refractivity contribution in [1.82, 2.24) is 0 Å². The van der Waals surface area contributed by atoms with Gasteiger partial charge >= 0.3 is 5.97 Å². The third-order valence-electron chi connectivity index (χ3n) is 4.28. The van der Waals surface area contributed by atoms with Gasteiger partial charge in [0.25, 0.3) is 15.9 Å². The average molecular weight is 420 g/mol. The number of nitrogens with two attached hydrogens (primary N) is 1. The molecule has 0 aliphatic carbocycles. The van der Waals surface area contributed by atoms with Gasteiger partial charge in [0.1, 0.15) is 5.75 Å². The SMILES string of the molecule is CCOc1ccc(N(C)S(=O)(=O)c2ccc(C)c(C(=O)O[C@H](C)C(N)=O)c2)cc1. The number of primary amides is 1. The van der Waals surface area contributed by atoms with Crippen molar-refractivity contribution in [2.45, 2.75) is 31.8 Å². The highest BCUT2D eigenvalue weighted by molar-refractivity contribution is 7.92. The summed E-state index contributed by atoms with van der Waals surface area (Å²) in [6.45, 7) is 5.34. The van der Waals surface area contributed by atoms with Gasteiger partial charge in [-0.2, -0.15) is 0 Å². The Morgan fingerprint density at radius 2 is 1.76 bits per heavy atom. The van der Waals surface area contributed by atoms with Crippen LogP contribution in [0.25, 0.3) is 0 Å². The number of carbonyl (C=O) groups is 2. The van der Waals surface area contributed by atoms with Crippen LogP contribution in [0.3, 0.4) is 0 Å². The number of anilines is 1. The molecule has 29 heavy (non-hydrogen) atoms. The summed E-state index contributed by atoms with van der Waals surface area (Å²) in [6.07, 6.45) is -1.13. The molecule has 9 heteroatoms. The van der Waals surface area contributed by atoms with E-state index in [1.165, 1.54) is 32.2 Å². The van der Waals surface area contributed by atoms with Crippen LogP contribution in [0.15, 0.2) is 47.4 Å². The molecular formula is C20H24N2O6S. The van der Waals surface area contributed by atoms with Gasteiger partial charge in [-0.1, -0.05) is 6.07 Å². The summed E-state index contributed by atoms with van der Waals surface area (Å²) < 4.78 is 37.5. The molecule has 2 aromatic rings. The molecule has 1 amide bonds. The van der Waals surface area contributed by atoms with E-state index in [0.717, 1.165) is 4.31 Å². The number of rotatable bonds is 8. The topological polar surface area (TPSA) is 116 Å². The van der Waals surface area contributed by atoms with E-state index in [1.54, 1.807) is 31.2 Å². The Hall–Kier alpha value is -3.07. The van der Waals surface area contributed by atoms with E-state index in [1.807, 2.05) is 6.92 Å². The van der Waals surface area contributed by atoms with Crippen LogP contribution in [0.1, 0.15) is 29.8 Å². The van der Waals surface area contributed by atoms with E-state index in [4.69, 9.17) is 15.2 Å². The van der Waals surface area contributed by atoms with E-state index in [0.29, 0.717) is 23.6 Å². The lowest BCUT2D eigenvalue weighted by molar-refractivity contribution is -0.125. The second-order valence-electron chi connectivity index (χ2n) is 6.33. The number of sulfonamides is 1. The zero-order chi connectivity index (χ0) is 21.8. The first-order valence-electron chi connectivity index (χ1n) is 8.90. The molecule has 0 saturated carbocycles. The third-order valence-corrected chi connectivity index (χ3v) is 6.06. The minimum absolute atomic E-state index is 0.0410. The van der Waals surface area contributed by atoms with Crippen molar-refractivity contribution in [2.75, 3.05) is 18.0 Å². The van der Waals surface area contributed by atoms with E-state index < -0.39 is 28.0 Å². The predicted octanol–water partition coefficient (Wildman–Crippen LogP) is 2.25. The zero-order valence-electron chi connectivity index (χ0n) is 16.7. The standard InChI is InChI=1S/C20H24N2O6S/c1-5-27-16-9-7-15(8-10-16)22(4)29(25,26)17-11-6-13(2)18(12-17)20(24)28-14(3)19(21)23/h6-12,14H,5H2,1-4H3,(H2,21,23)/t14-/m1/s1. The smallest absolute Gasteiger partial charge is 0.339 e. The lowest BCUT2D eigenvalue weighted by Gasteiger charge is -2.20. The largest absolute Gasteiger partial charge is 0.494 e. The Labute approximate surface area is 170 Å². The maximum Gasteiger partial charge on any atom is 0.339 e. The number of amides is 1. The normalized spacial score (nSPS) is 12.1. The Morgan fingerprint density at radius 1 is 1.14 bits per heavy atom. The van der Waals surface area contributed by atoms with Crippen LogP contribution < -0.4 is 14.8 Å². The van der Waals surface area contributed by atoms with Gasteiger partial charge in [-0.3, -0.25) is 9.10 Å². The van der Waals surface area contributed by atoms with E-state index in [9.17, 15) is 18.0 Å². The molecule has 0 radical (unpaired) electrons. The fourth-order valence-corrected chi connectivity index (χ4v) is 3.70. The number of esters is 1. The Balaban J connectivity index is 2.34. The van der Waals surface area contributed by atoms with Crippen LogP contribution in [-0.2, 0) is 19.6 Å². The van der Waals surface area contributed by atoms with Gasteiger partial charge in [-0.25, -0.2) is 13.2 Å². The molecule has 0 aromatic heterocycles. The summed E-state index contributed by atoms with van der Waals surface area (Å²) >= 11 is 0. The molecule has 0 unspecified atom stereocenters. The molecule has 0 aliphatic rings. The van der Waals surface area contributed by atoms with Crippen molar-refractivity contribution in [3.05, 3.63) is 53.6 Å². The van der Waals surface area contributed by atoms with Gasteiger partial charge in [0, 0.05) is 7.05 Å². The van der Waals surface area contributed by atoms with Crippen LogP contribution in [0.2, 0.25) is 0 Å². The fraction of sp³-hybridized carbons (Fsp3) is 0.300. The summed E-state index contributed by atoms with van der Waals surface area (Å²) in [7, 11) is -2.53. The summed E-state index contributed by atoms with van der Waals surface area (Å²) in [5, 5.41) is 0. The summed E-state index contributed by atoms with van der Waals surface area (Å²) in [5.74, 6) is -0.990. The molecule has 2 rings (SSSR count). The van der Waals surface area contributed by atoms with Crippen molar-refractivity contribution < 1.29 is 27.5 Å². The molecular weight excluding hydrogens is 396 g/mol. The van der Waals surface area contributed by atoms with E-state index in [2.05, 4.69) is 0 Å². The van der Waals surface area contributed by atoms with E-state index >= 15 is 0 Å². The van der Waals surface area contributed by atoms with Crippen molar-refractivity contribution >= 4 is 27.6 Å². The van der Waals surface area contributed by atoms with Gasteiger partial charge in [0.15, 0.2) is 6.10 Å². The second-order valence-corrected chi connectivity index (χ2v) is 8.30. The van der Waals surface area contributed by atoms with E-state index in [-0.39, 0.29) is 10.5 Å². The monoisotopic (exact) mass is 420 g/mol. The second kappa shape index (κ2) is 8.95. The molecule has 8 nitrogen and oxygen atoms in total. The maximum atomic E-state index is 13.0. The zero-order valence-corrected chi connectivity index (χ0v) is 17.5. The van der Waals surface area contributed by atoms with Gasteiger partial charge in [0.05, 0.1) is 22.8 Å². The summed E-state index contributed by atoms with van der Waals surface area (Å²) in [4.78, 5) is 23.4.